The van der Waals surface area contributed by atoms with Crippen LogP contribution in [0.15, 0.2) is 24.3 Å². The minimum absolute atomic E-state index is 0.00465. The first kappa shape index (κ1) is 47.3. The van der Waals surface area contributed by atoms with E-state index in [9.17, 15) is 14.7 Å². The van der Waals surface area contributed by atoms with Gasteiger partial charge in [0.05, 0.1) is 12.1 Å². The molecule has 0 aliphatic heterocycles. The smallest absolute Gasteiger partial charge is 0.220 e. The van der Waals surface area contributed by atoms with E-state index in [1.165, 1.54) is 116 Å². The Morgan fingerprint density at radius 1 is 0.510 bits per heavy atom. The van der Waals surface area contributed by atoms with E-state index < -0.39 is 5.54 Å². The summed E-state index contributed by atoms with van der Waals surface area (Å²) >= 11 is 0. The van der Waals surface area contributed by atoms with Gasteiger partial charge in [-0.3, -0.25) is 9.59 Å². The Morgan fingerprint density at radius 2 is 0.796 bits per heavy atom. The molecule has 0 heterocycles. The summed E-state index contributed by atoms with van der Waals surface area (Å²) in [6.45, 7) is 8.17. The third kappa shape index (κ3) is 26.8. The van der Waals surface area contributed by atoms with Crippen molar-refractivity contribution in [3.05, 3.63) is 24.3 Å². The molecule has 0 bridgehead atoms. The zero-order chi connectivity index (χ0) is 36.3. The molecule has 0 rings (SSSR count). The summed E-state index contributed by atoms with van der Waals surface area (Å²) in [6, 6.07) is -0.679. The lowest BCUT2D eigenvalue weighted by Crippen LogP contribution is -2.70. The number of nitrogens with one attached hydrogen (secondary N) is 3. The third-order valence-corrected chi connectivity index (χ3v) is 10.4. The molecule has 0 fully saturated rings. The van der Waals surface area contributed by atoms with Crippen molar-refractivity contribution in [1.29, 1.82) is 0 Å². The molecule has 0 aliphatic carbocycles. The van der Waals surface area contributed by atoms with Gasteiger partial charge in [-0.1, -0.05) is 141 Å². The highest BCUT2D eigenvalue weighted by Gasteiger charge is 2.41. The van der Waals surface area contributed by atoms with Gasteiger partial charge in [0, 0.05) is 24.9 Å². The summed E-state index contributed by atoms with van der Waals surface area (Å²) < 4.78 is 0. The molecule has 3 unspecified atom stereocenters. The predicted octanol–water partition coefficient (Wildman–Crippen LogP) is 11.0. The van der Waals surface area contributed by atoms with Crippen LogP contribution in [0.4, 0.5) is 0 Å². The molecule has 0 aromatic carbocycles. The molecule has 6 nitrogen and oxygen atoms in total. The van der Waals surface area contributed by atoms with E-state index in [1.807, 2.05) is 13.8 Å². The van der Waals surface area contributed by atoms with Gasteiger partial charge in [0.15, 0.2) is 0 Å². The minimum Gasteiger partial charge on any atom is -0.394 e. The van der Waals surface area contributed by atoms with Crippen LogP contribution in [-0.4, -0.2) is 48.2 Å². The number of amides is 2. The van der Waals surface area contributed by atoms with Gasteiger partial charge in [0.1, 0.15) is 0 Å². The maximum absolute atomic E-state index is 12.8. The van der Waals surface area contributed by atoms with E-state index in [1.54, 1.807) is 7.05 Å². The lowest BCUT2D eigenvalue weighted by molar-refractivity contribution is -0.123. The summed E-state index contributed by atoms with van der Waals surface area (Å²) in [5.74, 6) is 0.00930. The zero-order valence-corrected chi connectivity index (χ0v) is 33.2. The average molecular weight is 690 g/mol. The molecule has 0 saturated heterocycles. The third-order valence-electron chi connectivity index (χ3n) is 10.4. The second-order valence-corrected chi connectivity index (χ2v) is 14.7. The lowest BCUT2D eigenvalue weighted by Gasteiger charge is -2.42. The fourth-order valence-electron chi connectivity index (χ4n) is 6.76. The van der Waals surface area contributed by atoms with Crippen LogP contribution < -0.4 is 16.0 Å². The van der Waals surface area contributed by atoms with Crippen LogP contribution in [0.1, 0.15) is 207 Å². The van der Waals surface area contributed by atoms with Gasteiger partial charge in [0.25, 0.3) is 0 Å². The molecule has 4 N–H and O–H groups in total. The van der Waals surface area contributed by atoms with E-state index in [4.69, 9.17) is 0 Å². The Morgan fingerprint density at radius 3 is 1.08 bits per heavy atom. The van der Waals surface area contributed by atoms with Gasteiger partial charge in [-0.25, -0.2) is 0 Å². The summed E-state index contributed by atoms with van der Waals surface area (Å²) in [4.78, 5) is 25.5. The monoisotopic (exact) mass is 690 g/mol. The normalized spacial score (nSPS) is 14.3. The first-order chi connectivity index (χ1) is 23.9. The van der Waals surface area contributed by atoms with Crippen LogP contribution in [0, 0.1) is 0 Å². The molecule has 0 aromatic rings. The molecule has 3 atom stereocenters. The second-order valence-electron chi connectivity index (χ2n) is 14.7. The van der Waals surface area contributed by atoms with E-state index in [0.29, 0.717) is 12.8 Å². The van der Waals surface area contributed by atoms with Crippen molar-refractivity contribution in [3.8, 4) is 0 Å². The highest BCUT2D eigenvalue weighted by molar-refractivity contribution is 5.77. The largest absolute Gasteiger partial charge is 0.394 e. The van der Waals surface area contributed by atoms with Crippen LogP contribution in [-0.2, 0) is 9.59 Å². The SMILES string of the molecule is CCCCCCCCC=CCCCCCCCC(=O)NC(C)C(CO)(NC)C(C)NC(=O)CCCCCCC/C=C\CCCCCCCC. The number of unbranched alkanes of at least 4 members (excludes halogenated alkanes) is 22. The van der Waals surface area contributed by atoms with Gasteiger partial charge in [-0.05, 0) is 85.1 Å². The van der Waals surface area contributed by atoms with Crippen molar-refractivity contribution in [1.82, 2.24) is 16.0 Å². The van der Waals surface area contributed by atoms with E-state index in [2.05, 4.69) is 54.1 Å². The van der Waals surface area contributed by atoms with Crippen molar-refractivity contribution in [3.63, 3.8) is 0 Å². The first-order valence-electron chi connectivity index (χ1n) is 21.1. The van der Waals surface area contributed by atoms with Crippen LogP contribution in [0.2, 0.25) is 0 Å². The molecular formula is C43H83N3O3. The summed E-state index contributed by atoms with van der Waals surface area (Å²) in [5, 5.41) is 19.8. The van der Waals surface area contributed by atoms with Crippen molar-refractivity contribution in [2.45, 2.75) is 225 Å². The van der Waals surface area contributed by atoms with Gasteiger partial charge in [0.2, 0.25) is 11.8 Å². The summed E-state index contributed by atoms with van der Waals surface area (Å²) in [5.41, 5.74) is -0.837. The first-order valence-corrected chi connectivity index (χ1v) is 21.1. The van der Waals surface area contributed by atoms with Gasteiger partial charge in [-0.15, -0.1) is 0 Å². The number of hydrogen-bond acceptors (Lipinski definition) is 4. The molecular weight excluding hydrogens is 606 g/mol. The van der Waals surface area contributed by atoms with Crippen LogP contribution in [0.5, 0.6) is 0 Å². The van der Waals surface area contributed by atoms with Crippen LogP contribution in [0.25, 0.3) is 0 Å². The number of rotatable bonds is 36. The minimum atomic E-state index is -0.837. The Kier molecular flexibility index (Phi) is 33.6. The van der Waals surface area contributed by atoms with Crippen molar-refractivity contribution in [2.75, 3.05) is 13.7 Å². The maximum atomic E-state index is 12.8. The number of likely N-dealkylation sites (N-methyl/N-ethyl adjacent to an activating group) is 1. The van der Waals surface area contributed by atoms with Gasteiger partial charge >= 0.3 is 0 Å². The highest BCUT2D eigenvalue weighted by Crippen LogP contribution is 2.18. The summed E-state index contributed by atoms with van der Waals surface area (Å²) in [7, 11) is 1.79. The molecule has 288 valence electrons. The second kappa shape index (κ2) is 34.8. The number of aliphatic hydroxyl groups is 1. The van der Waals surface area contributed by atoms with E-state index in [-0.39, 0.29) is 30.5 Å². The number of aliphatic hydroxyl groups excluding tert-OH is 1. The fraction of sp³-hybridized carbons (Fsp3) is 0.860. The van der Waals surface area contributed by atoms with Crippen molar-refractivity contribution >= 4 is 11.8 Å². The molecule has 49 heavy (non-hydrogen) atoms. The Labute approximate surface area is 304 Å². The van der Waals surface area contributed by atoms with Gasteiger partial charge in [-0.2, -0.15) is 0 Å². The number of carbonyl (C=O) groups excluding carboxylic acids is 2. The maximum Gasteiger partial charge on any atom is 0.220 e. The molecule has 0 saturated carbocycles. The Bertz CT molecular complexity index is 746. The average Bonchev–Trinajstić information content (AvgIpc) is 3.09. The molecule has 0 aromatic heterocycles. The number of allylic oxidation sites excluding steroid dienone is 4. The molecule has 0 radical (unpaired) electrons. The highest BCUT2D eigenvalue weighted by atomic mass is 16.3. The predicted molar refractivity (Wildman–Crippen MR) is 213 cm³/mol. The molecule has 6 heteroatoms. The van der Waals surface area contributed by atoms with E-state index in [0.717, 1.165) is 51.4 Å². The molecule has 2 amide bonds. The standard InChI is InChI=1S/C43H83N3O3/c1-6-8-10-12-14-16-18-20-22-24-26-28-30-32-34-36-41(48)45-39(3)43(38-47,44-5)40(4)46-42(49)37-35-33-31-29-27-25-23-21-19-17-15-13-11-9-7-2/h20-23,39-40,44,47H,6-19,24-38H2,1-5H3,(H,45,48)(H,46,49)/b22-20-,23-21?. The zero-order valence-electron chi connectivity index (χ0n) is 33.2. The fourth-order valence-corrected chi connectivity index (χ4v) is 6.76. The molecule has 0 aliphatic rings. The van der Waals surface area contributed by atoms with Gasteiger partial charge < -0.3 is 21.1 Å². The Balaban J connectivity index is 4.07. The topological polar surface area (TPSA) is 90.5 Å². The van der Waals surface area contributed by atoms with Crippen LogP contribution in [0.3, 0.4) is 0 Å². The summed E-state index contributed by atoms with van der Waals surface area (Å²) in [6.07, 6.45) is 42.5. The number of carbonyl (C=O) groups is 2. The number of hydrogen-bond donors (Lipinski definition) is 4. The van der Waals surface area contributed by atoms with Crippen LogP contribution >= 0.6 is 0 Å². The van der Waals surface area contributed by atoms with Crippen molar-refractivity contribution < 1.29 is 14.7 Å². The lowest BCUT2D eigenvalue weighted by atomic mass is 9.84. The molecule has 0 spiro atoms. The van der Waals surface area contributed by atoms with E-state index >= 15 is 0 Å². The van der Waals surface area contributed by atoms with Crippen molar-refractivity contribution in [2.24, 2.45) is 0 Å². The quantitative estimate of drug-likeness (QED) is 0.0389. The Hall–Kier alpha value is -1.66.